The summed E-state index contributed by atoms with van der Waals surface area (Å²) in [4.78, 5) is 0.882. The summed E-state index contributed by atoms with van der Waals surface area (Å²) in [6.45, 7) is 0. The minimum Gasteiger partial charge on any atom is -0.130 e. The monoisotopic (exact) mass is 340 g/mol. The normalized spacial score (nSPS) is 10.6. The molecule has 0 atom stereocenters. The van der Waals surface area contributed by atoms with Crippen molar-refractivity contribution in [3.05, 3.63) is 32.2 Å². The van der Waals surface area contributed by atoms with Gasteiger partial charge in [0.15, 0.2) is 8.26 Å². The topological polar surface area (TPSA) is 25.8 Å². The summed E-state index contributed by atoms with van der Waals surface area (Å²) in [7, 11) is 0. The number of aromatic nitrogens is 2. The first kappa shape index (κ1) is 11.7. The molecule has 0 saturated carbocycles. The fourth-order valence-electron chi connectivity index (χ4n) is 0.884. The molecule has 2 rings (SSSR count). The summed E-state index contributed by atoms with van der Waals surface area (Å²) in [5.74, 6) is 0. The zero-order valence-corrected chi connectivity index (χ0v) is 11.8. The van der Waals surface area contributed by atoms with Gasteiger partial charge in [-0.15, -0.1) is 10.2 Å². The van der Waals surface area contributed by atoms with Gasteiger partial charge in [-0.2, -0.15) is 0 Å². The van der Waals surface area contributed by atoms with Crippen LogP contribution in [0, 0.1) is 0 Å². The van der Waals surface area contributed by atoms with Gasteiger partial charge in [0.05, 0.1) is 5.02 Å². The minimum absolute atomic E-state index is 0.658. The predicted molar refractivity (Wildman–Crippen MR) is 68.2 cm³/mol. The summed E-state index contributed by atoms with van der Waals surface area (Å²) in [6, 6.07) is 5.33. The van der Waals surface area contributed by atoms with Crippen molar-refractivity contribution >= 4 is 62.2 Å². The van der Waals surface area contributed by atoms with Crippen molar-refractivity contribution in [2.75, 3.05) is 0 Å². The second-order valence-corrected chi connectivity index (χ2v) is 6.88. The highest BCUT2D eigenvalue weighted by atomic mass is 79.9. The first-order valence-electron chi connectivity index (χ1n) is 3.77. The van der Waals surface area contributed by atoms with Crippen molar-refractivity contribution in [3.63, 3.8) is 0 Å². The Morgan fingerprint density at radius 1 is 1.27 bits per heavy atom. The smallest absolute Gasteiger partial charge is 0.130 e. The maximum absolute atomic E-state index is 6.02. The van der Waals surface area contributed by atoms with E-state index in [2.05, 4.69) is 26.1 Å². The molecule has 2 nitrogen and oxygen atoms in total. The van der Waals surface area contributed by atoms with E-state index in [1.165, 1.54) is 23.1 Å². The average Bonchev–Trinajstić information content (AvgIpc) is 2.58. The van der Waals surface area contributed by atoms with Crippen LogP contribution in [0.15, 0.2) is 31.4 Å². The maximum Gasteiger partial charge on any atom is 0.184 e. The van der Waals surface area contributed by atoms with Crippen LogP contribution in [-0.2, 0) is 0 Å². The highest BCUT2D eigenvalue weighted by molar-refractivity contribution is 9.11. The first-order valence-corrected chi connectivity index (χ1v) is 6.95. The molecule has 0 amide bonds. The van der Waals surface area contributed by atoms with E-state index in [1.54, 1.807) is 12.1 Å². The van der Waals surface area contributed by atoms with Gasteiger partial charge in [0.1, 0.15) is 0 Å². The van der Waals surface area contributed by atoms with E-state index in [-0.39, 0.29) is 0 Å². The third-order valence-electron chi connectivity index (χ3n) is 1.47. The van der Waals surface area contributed by atoms with E-state index in [1.807, 2.05) is 6.07 Å². The van der Waals surface area contributed by atoms with Gasteiger partial charge in [-0.25, -0.2) is 0 Å². The van der Waals surface area contributed by atoms with Crippen LogP contribution in [-0.4, -0.2) is 10.2 Å². The Labute approximate surface area is 113 Å². The van der Waals surface area contributed by atoms with Crippen LogP contribution in [0.25, 0.3) is 0 Å². The molecule has 0 fully saturated rings. The molecule has 1 aromatic carbocycles. The summed E-state index contributed by atoms with van der Waals surface area (Å²) < 4.78 is 1.58. The van der Waals surface area contributed by atoms with E-state index >= 15 is 0 Å². The standard InChI is InChI=1S/C8H3BrCl2N2S2/c9-7-12-13-8(15-7)14-6-3-4(10)1-2-5(6)11/h1-3H. The van der Waals surface area contributed by atoms with Crippen LogP contribution < -0.4 is 0 Å². The Morgan fingerprint density at radius 3 is 2.73 bits per heavy atom. The highest BCUT2D eigenvalue weighted by Crippen LogP contribution is 2.37. The SMILES string of the molecule is Clc1ccc(Cl)c(Sc2nnc(Br)s2)c1. The van der Waals surface area contributed by atoms with E-state index in [0.717, 1.165) is 13.2 Å². The van der Waals surface area contributed by atoms with E-state index in [9.17, 15) is 0 Å². The van der Waals surface area contributed by atoms with Crippen LogP contribution in [0.2, 0.25) is 10.0 Å². The Bertz CT molecular complexity index is 489. The molecular weight excluding hydrogens is 339 g/mol. The molecule has 0 saturated heterocycles. The zero-order chi connectivity index (χ0) is 10.8. The van der Waals surface area contributed by atoms with E-state index in [0.29, 0.717) is 10.0 Å². The molecule has 1 aromatic heterocycles. The molecule has 78 valence electrons. The van der Waals surface area contributed by atoms with Gasteiger partial charge in [-0.1, -0.05) is 46.3 Å². The molecular formula is C8H3BrCl2N2S2. The van der Waals surface area contributed by atoms with Gasteiger partial charge in [0.25, 0.3) is 0 Å². The third kappa shape index (κ3) is 3.07. The Hall–Kier alpha value is 0.190. The van der Waals surface area contributed by atoms with Crippen molar-refractivity contribution < 1.29 is 0 Å². The average molecular weight is 342 g/mol. The fourth-order valence-corrected chi connectivity index (χ4v) is 3.82. The van der Waals surface area contributed by atoms with Gasteiger partial charge in [0.2, 0.25) is 0 Å². The molecule has 0 N–H and O–H groups in total. The van der Waals surface area contributed by atoms with Crippen LogP contribution in [0.5, 0.6) is 0 Å². The predicted octanol–water partition coefficient (Wildman–Crippen LogP) is 4.76. The van der Waals surface area contributed by atoms with Crippen LogP contribution in [0.4, 0.5) is 0 Å². The van der Waals surface area contributed by atoms with Crippen LogP contribution in [0.3, 0.4) is 0 Å². The fraction of sp³-hybridized carbons (Fsp3) is 0. The summed E-state index contributed by atoms with van der Waals surface area (Å²) in [5.41, 5.74) is 0. The third-order valence-corrected chi connectivity index (χ3v) is 4.61. The first-order chi connectivity index (χ1) is 7.15. The molecule has 0 aliphatic heterocycles. The van der Waals surface area contributed by atoms with Crippen LogP contribution >= 0.6 is 62.2 Å². The van der Waals surface area contributed by atoms with Gasteiger partial charge in [-0.05, 0) is 34.1 Å². The van der Waals surface area contributed by atoms with Crippen molar-refractivity contribution in [3.8, 4) is 0 Å². The number of halogens is 3. The quantitative estimate of drug-likeness (QED) is 0.787. The van der Waals surface area contributed by atoms with Crippen molar-refractivity contribution in [2.45, 2.75) is 9.24 Å². The molecule has 15 heavy (non-hydrogen) atoms. The molecule has 0 unspecified atom stereocenters. The lowest BCUT2D eigenvalue weighted by atomic mass is 10.4. The lowest BCUT2D eigenvalue weighted by Gasteiger charge is -2.00. The summed E-state index contributed by atoms with van der Waals surface area (Å²) in [5, 5.41) is 9.14. The molecule has 0 bridgehead atoms. The molecule has 7 heteroatoms. The minimum atomic E-state index is 0.658. The van der Waals surface area contributed by atoms with E-state index < -0.39 is 0 Å². The van der Waals surface area contributed by atoms with Crippen molar-refractivity contribution in [2.24, 2.45) is 0 Å². The molecule has 1 heterocycles. The number of hydrogen-bond donors (Lipinski definition) is 0. The number of rotatable bonds is 2. The molecule has 0 radical (unpaired) electrons. The van der Waals surface area contributed by atoms with Crippen molar-refractivity contribution in [1.29, 1.82) is 0 Å². The van der Waals surface area contributed by atoms with Gasteiger partial charge in [0, 0.05) is 9.92 Å². The Morgan fingerprint density at radius 2 is 2.07 bits per heavy atom. The molecule has 0 aliphatic rings. The van der Waals surface area contributed by atoms with Gasteiger partial charge >= 0.3 is 0 Å². The molecule has 0 aliphatic carbocycles. The molecule has 0 spiro atoms. The number of nitrogens with zero attached hydrogens (tertiary/aromatic N) is 2. The largest absolute Gasteiger partial charge is 0.184 e. The van der Waals surface area contributed by atoms with Crippen LogP contribution in [0.1, 0.15) is 0 Å². The Balaban J connectivity index is 2.27. The second kappa shape index (κ2) is 5.01. The molecule has 2 aromatic rings. The summed E-state index contributed by atoms with van der Waals surface area (Å²) in [6.07, 6.45) is 0. The highest BCUT2D eigenvalue weighted by Gasteiger charge is 2.07. The van der Waals surface area contributed by atoms with E-state index in [4.69, 9.17) is 23.2 Å². The number of hydrogen-bond acceptors (Lipinski definition) is 4. The zero-order valence-electron chi connectivity index (χ0n) is 7.08. The Kier molecular flexibility index (Phi) is 3.90. The maximum atomic E-state index is 6.02. The van der Waals surface area contributed by atoms with Gasteiger partial charge < -0.3 is 0 Å². The lowest BCUT2D eigenvalue weighted by molar-refractivity contribution is 0.997. The lowest BCUT2D eigenvalue weighted by Crippen LogP contribution is -1.75. The second-order valence-electron chi connectivity index (χ2n) is 2.50. The number of benzene rings is 1. The van der Waals surface area contributed by atoms with Crippen molar-refractivity contribution in [1.82, 2.24) is 10.2 Å². The van der Waals surface area contributed by atoms with Gasteiger partial charge in [-0.3, -0.25) is 0 Å². The summed E-state index contributed by atoms with van der Waals surface area (Å²) >= 11 is 18.0.